The lowest BCUT2D eigenvalue weighted by molar-refractivity contribution is -0.118. The maximum absolute atomic E-state index is 12.6. The molecule has 0 aromatic heterocycles. The van der Waals surface area contributed by atoms with Crippen molar-refractivity contribution in [1.82, 2.24) is 5.32 Å². The van der Waals surface area contributed by atoms with E-state index in [2.05, 4.69) is 10.6 Å². The van der Waals surface area contributed by atoms with Crippen molar-refractivity contribution in [3.63, 3.8) is 0 Å². The normalized spacial score (nSPS) is 16.8. The lowest BCUT2D eigenvalue weighted by Crippen LogP contribution is -2.43. The minimum atomic E-state index is -0.527. The molecule has 3 amide bonds. The smallest absolute Gasteiger partial charge is 0.319 e. The molecule has 1 fully saturated rings. The van der Waals surface area contributed by atoms with Gasteiger partial charge in [-0.15, -0.1) is 0 Å². The summed E-state index contributed by atoms with van der Waals surface area (Å²) in [5, 5.41) is 6.05. The number of benzene rings is 2. The molecular formula is C19H20ClN3O2. The van der Waals surface area contributed by atoms with Crippen LogP contribution in [0.2, 0.25) is 5.02 Å². The van der Waals surface area contributed by atoms with Crippen LogP contribution in [0.15, 0.2) is 42.5 Å². The lowest BCUT2D eigenvalue weighted by atomic mass is 10.2. The first-order chi connectivity index (χ1) is 11.9. The predicted octanol–water partition coefficient (Wildman–Crippen LogP) is 3.88. The molecule has 1 saturated heterocycles. The average Bonchev–Trinajstić information content (AvgIpc) is 2.92. The highest BCUT2D eigenvalue weighted by molar-refractivity contribution is 6.31. The van der Waals surface area contributed by atoms with Crippen LogP contribution >= 0.6 is 11.6 Å². The first kappa shape index (κ1) is 17.3. The molecule has 2 aromatic carbocycles. The van der Waals surface area contributed by atoms with Gasteiger partial charge in [0.05, 0.1) is 0 Å². The molecule has 3 rings (SSSR count). The Balaban J connectivity index is 1.63. The number of amides is 3. The van der Waals surface area contributed by atoms with Crippen LogP contribution < -0.4 is 15.5 Å². The molecule has 0 saturated carbocycles. The highest BCUT2D eigenvalue weighted by Crippen LogP contribution is 2.23. The van der Waals surface area contributed by atoms with Crippen molar-refractivity contribution < 1.29 is 9.59 Å². The summed E-state index contributed by atoms with van der Waals surface area (Å²) >= 11 is 5.96. The summed E-state index contributed by atoms with van der Waals surface area (Å²) in [4.78, 5) is 26.5. The number of aryl methyl sites for hydroxylation is 2. The zero-order valence-corrected chi connectivity index (χ0v) is 14.9. The number of anilines is 2. The third-order valence-electron chi connectivity index (χ3n) is 4.30. The van der Waals surface area contributed by atoms with Gasteiger partial charge in [0.1, 0.15) is 6.04 Å². The number of carbonyl (C=O) groups is 2. The van der Waals surface area contributed by atoms with Crippen molar-refractivity contribution in [3.05, 3.63) is 58.6 Å². The molecule has 0 radical (unpaired) electrons. The Morgan fingerprint density at radius 1 is 1.16 bits per heavy atom. The van der Waals surface area contributed by atoms with Gasteiger partial charge in [-0.25, -0.2) is 4.79 Å². The Morgan fingerprint density at radius 3 is 2.60 bits per heavy atom. The molecule has 25 heavy (non-hydrogen) atoms. The third kappa shape index (κ3) is 3.94. The van der Waals surface area contributed by atoms with Gasteiger partial charge in [-0.05, 0) is 50.1 Å². The minimum Gasteiger partial charge on any atom is -0.326 e. The first-order valence-electron chi connectivity index (χ1n) is 8.16. The van der Waals surface area contributed by atoms with Crippen LogP contribution in [0.5, 0.6) is 0 Å². The van der Waals surface area contributed by atoms with Gasteiger partial charge in [0.2, 0.25) is 5.91 Å². The summed E-state index contributed by atoms with van der Waals surface area (Å²) in [6.45, 7) is 4.47. The Hall–Kier alpha value is -2.53. The Morgan fingerprint density at radius 2 is 1.88 bits per heavy atom. The lowest BCUT2D eigenvalue weighted by Gasteiger charge is -2.18. The van der Waals surface area contributed by atoms with Crippen LogP contribution in [-0.4, -0.2) is 24.5 Å². The molecule has 1 aliphatic rings. The fraction of sp³-hybridized carbons (Fsp3) is 0.263. The van der Waals surface area contributed by atoms with Crippen molar-refractivity contribution in [2.45, 2.75) is 26.3 Å². The van der Waals surface area contributed by atoms with Crippen LogP contribution in [0.25, 0.3) is 0 Å². The van der Waals surface area contributed by atoms with Gasteiger partial charge in [0, 0.05) is 22.9 Å². The first-order valence-corrected chi connectivity index (χ1v) is 8.53. The van der Waals surface area contributed by atoms with Gasteiger partial charge >= 0.3 is 6.03 Å². The fourth-order valence-corrected chi connectivity index (χ4v) is 3.01. The summed E-state index contributed by atoms with van der Waals surface area (Å²) in [5.74, 6) is -0.0955. The van der Waals surface area contributed by atoms with Crippen LogP contribution in [0.1, 0.15) is 17.5 Å². The number of nitrogens with zero attached hydrogens (tertiary/aromatic N) is 1. The highest BCUT2D eigenvalue weighted by atomic mass is 35.5. The van der Waals surface area contributed by atoms with Crippen molar-refractivity contribution >= 4 is 34.9 Å². The molecule has 0 bridgehead atoms. The van der Waals surface area contributed by atoms with E-state index in [0.717, 1.165) is 16.8 Å². The van der Waals surface area contributed by atoms with E-state index in [1.165, 1.54) is 0 Å². The maximum Gasteiger partial charge on any atom is 0.319 e. The second kappa shape index (κ2) is 7.15. The second-order valence-corrected chi connectivity index (χ2v) is 6.66. The van der Waals surface area contributed by atoms with Gasteiger partial charge in [-0.3, -0.25) is 4.79 Å². The molecule has 0 spiro atoms. The number of halogens is 1. The number of hydrogen-bond acceptors (Lipinski definition) is 2. The van der Waals surface area contributed by atoms with Crippen LogP contribution in [0.4, 0.5) is 16.2 Å². The monoisotopic (exact) mass is 357 g/mol. The number of urea groups is 1. The van der Waals surface area contributed by atoms with Crippen molar-refractivity contribution in [3.8, 4) is 0 Å². The van der Waals surface area contributed by atoms with Crippen LogP contribution in [0, 0.1) is 13.8 Å². The molecule has 6 heteroatoms. The van der Waals surface area contributed by atoms with Gasteiger partial charge in [-0.2, -0.15) is 0 Å². The molecule has 130 valence electrons. The van der Waals surface area contributed by atoms with Crippen LogP contribution in [0.3, 0.4) is 0 Å². The molecule has 2 aromatic rings. The molecule has 0 aliphatic carbocycles. The van der Waals surface area contributed by atoms with Gasteiger partial charge < -0.3 is 15.5 Å². The average molecular weight is 358 g/mol. The number of hydrogen-bond donors (Lipinski definition) is 2. The molecule has 1 heterocycles. The summed E-state index contributed by atoms with van der Waals surface area (Å²) < 4.78 is 0. The van der Waals surface area contributed by atoms with Crippen molar-refractivity contribution in [1.29, 1.82) is 0 Å². The Bertz CT molecular complexity index is 805. The standard InChI is InChI=1S/C19H20ClN3O2/c1-12-3-7-15(8-4-12)23-10-9-16(18(23)24)21-19(25)22-17-11-14(20)6-5-13(17)2/h3-8,11,16H,9-10H2,1-2H3,(H2,21,22,25). The van der Waals surface area contributed by atoms with Crippen molar-refractivity contribution in [2.24, 2.45) is 0 Å². The summed E-state index contributed by atoms with van der Waals surface area (Å²) in [7, 11) is 0. The van der Waals surface area contributed by atoms with E-state index in [1.807, 2.05) is 44.2 Å². The van der Waals surface area contributed by atoms with Crippen molar-refractivity contribution in [2.75, 3.05) is 16.8 Å². The van der Waals surface area contributed by atoms with E-state index >= 15 is 0 Å². The number of carbonyl (C=O) groups excluding carboxylic acids is 2. The largest absolute Gasteiger partial charge is 0.326 e. The topological polar surface area (TPSA) is 61.4 Å². The van der Waals surface area contributed by atoms with Gasteiger partial charge in [0.25, 0.3) is 0 Å². The number of rotatable bonds is 3. The third-order valence-corrected chi connectivity index (χ3v) is 4.54. The van der Waals surface area contributed by atoms with Gasteiger partial charge in [0.15, 0.2) is 0 Å². The highest BCUT2D eigenvalue weighted by Gasteiger charge is 2.33. The fourth-order valence-electron chi connectivity index (χ4n) is 2.84. The minimum absolute atomic E-state index is 0.0955. The van der Waals surface area contributed by atoms with Gasteiger partial charge in [-0.1, -0.05) is 35.4 Å². The molecule has 1 atom stereocenters. The zero-order chi connectivity index (χ0) is 18.0. The molecule has 1 unspecified atom stereocenters. The van der Waals surface area contributed by atoms with E-state index in [1.54, 1.807) is 17.0 Å². The second-order valence-electron chi connectivity index (χ2n) is 6.22. The number of nitrogens with one attached hydrogen (secondary N) is 2. The zero-order valence-electron chi connectivity index (χ0n) is 14.2. The summed E-state index contributed by atoms with van der Waals surface area (Å²) in [6, 6.07) is 12.1. The van der Waals surface area contributed by atoms with E-state index in [4.69, 9.17) is 11.6 Å². The summed E-state index contributed by atoms with van der Waals surface area (Å²) in [5.41, 5.74) is 3.52. The van der Waals surface area contributed by atoms with E-state index in [0.29, 0.717) is 23.7 Å². The predicted molar refractivity (Wildman–Crippen MR) is 100 cm³/mol. The quantitative estimate of drug-likeness (QED) is 0.875. The molecule has 1 aliphatic heterocycles. The molecule has 5 nitrogen and oxygen atoms in total. The SMILES string of the molecule is Cc1ccc(N2CCC(NC(=O)Nc3cc(Cl)ccc3C)C2=O)cc1. The Kier molecular flexibility index (Phi) is 4.95. The van der Waals surface area contributed by atoms with E-state index in [9.17, 15) is 9.59 Å². The molecular weight excluding hydrogens is 338 g/mol. The maximum atomic E-state index is 12.6. The van der Waals surface area contributed by atoms with E-state index in [-0.39, 0.29) is 5.91 Å². The van der Waals surface area contributed by atoms with Crippen LogP contribution in [-0.2, 0) is 4.79 Å². The van der Waals surface area contributed by atoms with E-state index < -0.39 is 12.1 Å². The summed E-state index contributed by atoms with van der Waals surface area (Å²) in [6.07, 6.45) is 0.578. The molecule has 2 N–H and O–H groups in total. The Labute approximate surface area is 152 Å².